The number of Topliss-reactive ketones (excluding diaryl/α,β-unsaturated/α-hetero) is 1. The minimum absolute atomic E-state index is 0.227. The van der Waals surface area contributed by atoms with Crippen molar-refractivity contribution in [2.75, 3.05) is 19.6 Å². The van der Waals surface area contributed by atoms with Gasteiger partial charge in [-0.25, -0.2) is 0 Å². The zero-order valence-corrected chi connectivity index (χ0v) is 13.8. The van der Waals surface area contributed by atoms with Gasteiger partial charge in [0.2, 0.25) is 0 Å². The first kappa shape index (κ1) is 15.9. The van der Waals surface area contributed by atoms with E-state index < -0.39 is 0 Å². The van der Waals surface area contributed by atoms with Crippen LogP contribution in [0.25, 0.3) is 0 Å². The molecule has 18 heavy (non-hydrogen) atoms. The van der Waals surface area contributed by atoms with Crippen LogP contribution in [0.3, 0.4) is 0 Å². The number of rotatable bonds is 8. The molecule has 1 rings (SSSR count). The fourth-order valence-corrected chi connectivity index (χ4v) is 3.51. The number of thiophene rings is 1. The van der Waals surface area contributed by atoms with Crippen molar-refractivity contribution in [3.63, 3.8) is 0 Å². The Morgan fingerprint density at radius 3 is 2.50 bits per heavy atom. The van der Waals surface area contributed by atoms with Crippen molar-refractivity contribution in [1.82, 2.24) is 4.90 Å². The van der Waals surface area contributed by atoms with Crippen molar-refractivity contribution >= 4 is 33.0 Å². The van der Waals surface area contributed by atoms with Gasteiger partial charge in [0.1, 0.15) is 0 Å². The molecule has 1 heterocycles. The first-order chi connectivity index (χ1) is 8.62. The Morgan fingerprint density at radius 1 is 1.39 bits per heavy atom. The third kappa shape index (κ3) is 4.48. The topological polar surface area (TPSA) is 20.3 Å². The van der Waals surface area contributed by atoms with Crippen LogP contribution in [0.15, 0.2) is 15.9 Å². The predicted octanol–water partition coefficient (Wildman–Crippen LogP) is 4.45. The highest BCUT2D eigenvalue weighted by molar-refractivity contribution is 9.10. The van der Waals surface area contributed by atoms with Crippen molar-refractivity contribution in [3.05, 3.63) is 20.8 Å². The smallest absolute Gasteiger partial charge is 0.187 e. The second-order valence-corrected chi connectivity index (χ2v) is 6.30. The lowest BCUT2D eigenvalue weighted by molar-refractivity contribution is 0.0924. The van der Waals surface area contributed by atoms with Gasteiger partial charge in [0.15, 0.2) is 5.78 Å². The summed E-state index contributed by atoms with van der Waals surface area (Å²) in [7, 11) is 0. The Labute approximate surface area is 123 Å². The lowest BCUT2D eigenvalue weighted by Crippen LogP contribution is -2.33. The molecule has 0 aliphatic carbocycles. The molecule has 102 valence electrons. The summed E-state index contributed by atoms with van der Waals surface area (Å²) in [6, 6.07) is 1.94. The molecule has 2 nitrogen and oxygen atoms in total. The number of ketones is 1. The number of hydrogen-bond acceptors (Lipinski definition) is 3. The van der Waals surface area contributed by atoms with Crippen LogP contribution in [-0.2, 0) is 0 Å². The second kappa shape index (κ2) is 8.08. The van der Waals surface area contributed by atoms with Crippen LogP contribution in [0.1, 0.15) is 43.3 Å². The molecule has 0 saturated carbocycles. The molecule has 0 radical (unpaired) electrons. The van der Waals surface area contributed by atoms with Gasteiger partial charge in [-0.15, -0.1) is 11.3 Å². The molecule has 1 aromatic rings. The van der Waals surface area contributed by atoms with Gasteiger partial charge in [0.25, 0.3) is 0 Å². The van der Waals surface area contributed by atoms with E-state index in [1.165, 1.54) is 24.2 Å². The largest absolute Gasteiger partial charge is 0.296 e. The molecule has 0 unspecified atom stereocenters. The summed E-state index contributed by atoms with van der Waals surface area (Å²) in [5.41, 5.74) is 0. The molecule has 0 bridgehead atoms. The molecule has 0 fully saturated rings. The molecular formula is C14H22BrNOS. The summed E-state index contributed by atoms with van der Waals surface area (Å²) in [4.78, 5) is 15.3. The van der Waals surface area contributed by atoms with Crippen molar-refractivity contribution < 1.29 is 4.79 Å². The minimum Gasteiger partial charge on any atom is -0.296 e. The van der Waals surface area contributed by atoms with Gasteiger partial charge < -0.3 is 0 Å². The summed E-state index contributed by atoms with van der Waals surface area (Å²) in [5.74, 6) is 0.925. The summed E-state index contributed by atoms with van der Waals surface area (Å²) in [6.45, 7) is 9.06. The van der Waals surface area contributed by atoms with Crippen LogP contribution in [0, 0.1) is 5.92 Å². The van der Waals surface area contributed by atoms with Gasteiger partial charge >= 0.3 is 0 Å². The van der Waals surface area contributed by atoms with E-state index in [1.807, 2.05) is 11.4 Å². The van der Waals surface area contributed by atoms with Crippen molar-refractivity contribution in [1.29, 1.82) is 0 Å². The lowest BCUT2D eigenvalue weighted by atomic mass is 10.0. The highest BCUT2D eigenvalue weighted by Crippen LogP contribution is 2.23. The number of likely N-dealkylation sites (N-methyl/N-ethyl adjacent to an activating group) is 1. The normalized spacial score (nSPS) is 11.4. The fraction of sp³-hybridized carbons (Fsp3) is 0.643. The average Bonchev–Trinajstić information content (AvgIpc) is 2.80. The molecular weight excluding hydrogens is 310 g/mol. The van der Waals surface area contributed by atoms with Crippen molar-refractivity contribution in [2.24, 2.45) is 5.92 Å². The number of carbonyl (C=O) groups excluding carboxylic acids is 1. The van der Waals surface area contributed by atoms with Gasteiger partial charge in [-0.2, -0.15) is 0 Å². The maximum absolute atomic E-state index is 12.2. The maximum Gasteiger partial charge on any atom is 0.187 e. The van der Waals surface area contributed by atoms with Crippen molar-refractivity contribution in [2.45, 2.75) is 33.6 Å². The average molecular weight is 332 g/mol. The quantitative estimate of drug-likeness (QED) is 0.656. The molecule has 1 aromatic heterocycles. The molecule has 4 heteroatoms. The molecule has 0 N–H and O–H groups in total. The fourth-order valence-electron chi connectivity index (χ4n) is 1.99. The molecule has 0 aromatic carbocycles. The van der Waals surface area contributed by atoms with Crippen molar-refractivity contribution in [3.8, 4) is 0 Å². The van der Waals surface area contributed by atoms with E-state index in [0.717, 1.165) is 22.4 Å². The van der Waals surface area contributed by atoms with E-state index in [4.69, 9.17) is 0 Å². The first-order valence-electron chi connectivity index (χ1n) is 6.60. The van der Waals surface area contributed by atoms with E-state index in [9.17, 15) is 4.79 Å². The molecule has 0 spiro atoms. The molecule has 0 aliphatic rings. The Hall–Kier alpha value is -0.190. The number of halogens is 1. The molecule has 0 saturated heterocycles. The monoisotopic (exact) mass is 331 g/mol. The Balaban J connectivity index is 2.58. The van der Waals surface area contributed by atoms with E-state index in [0.29, 0.717) is 12.5 Å². The van der Waals surface area contributed by atoms with Crippen LogP contribution in [-0.4, -0.2) is 30.3 Å². The predicted molar refractivity (Wildman–Crippen MR) is 82.5 cm³/mol. The second-order valence-electron chi connectivity index (χ2n) is 4.53. The van der Waals surface area contributed by atoms with Gasteiger partial charge in [0, 0.05) is 11.0 Å². The van der Waals surface area contributed by atoms with Gasteiger partial charge in [0.05, 0.1) is 11.4 Å². The lowest BCUT2D eigenvalue weighted by Gasteiger charge is -2.24. The summed E-state index contributed by atoms with van der Waals surface area (Å²) < 4.78 is 0.927. The van der Waals surface area contributed by atoms with Gasteiger partial charge in [-0.1, -0.05) is 33.6 Å². The van der Waals surface area contributed by atoms with E-state index in [2.05, 4.69) is 41.6 Å². The Bertz CT molecular complexity index is 374. The third-order valence-electron chi connectivity index (χ3n) is 3.36. The molecule has 0 amide bonds. The van der Waals surface area contributed by atoms with Gasteiger partial charge in [-0.3, -0.25) is 9.69 Å². The Kier molecular flexibility index (Phi) is 7.12. The Morgan fingerprint density at radius 2 is 2.06 bits per heavy atom. The number of carbonyl (C=O) groups is 1. The molecule has 0 atom stereocenters. The summed E-state index contributed by atoms with van der Waals surface area (Å²) >= 11 is 4.95. The number of nitrogens with zero attached hydrogens (tertiary/aromatic N) is 1. The van der Waals surface area contributed by atoms with Crippen LogP contribution < -0.4 is 0 Å². The molecule has 0 aliphatic heterocycles. The first-order valence-corrected chi connectivity index (χ1v) is 8.28. The van der Waals surface area contributed by atoms with Crippen LogP contribution in [0.5, 0.6) is 0 Å². The van der Waals surface area contributed by atoms with Crippen LogP contribution >= 0.6 is 27.3 Å². The third-order valence-corrected chi connectivity index (χ3v) is 5.23. The standard InChI is InChI=1S/C14H22BrNOS/c1-4-11(5-2)9-16(6-3)10-13(17)14-12(15)7-8-18-14/h7-8,11H,4-6,9-10H2,1-3H3. The zero-order chi connectivity index (χ0) is 13.5. The van der Waals surface area contributed by atoms with E-state index >= 15 is 0 Å². The SMILES string of the molecule is CCC(CC)CN(CC)CC(=O)c1sccc1Br. The van der Waals surface area contributed by atoms with E-state index in [1.54, 1.807) is 0 Å². The van der Waals surface area contributed by atoms with Crippen LogP contribution in [0.2, 0.25) is 0 Å². The summed E-state index contributed by atoms with van der Waals surface area (Å²) in [6.07, 6.45) is 2.37. The number of hydrogen-bond donors (Lipinski definition) is 0. The maximum atomic E-state index is 12.2. The van der Waals surface area contributed by atoms with Crippen LogP contribution in [0.4, 0.5) is 0 Å². The summed E-state index contributed by atoms with van der Waals surface area (Å²) in [5, 5.41) is 1.95. The highest BCUT2D eigenvalue weighted by Gasteiger charge is 2.17. The highest BCUT2D eigenvalue weighted by atomic mass is 79.9. The van der Waals surface area contributed by atoms with Gasteiger partial charge in [-0.05, 0) is 39.8 Å². The van der Waals surface area contributed by atoms with E-state index in [-0.39, 0.29) is 5.78 Å². The minimum atomic E-state index is 0.227. The zero-order valence-electron chi connectivity index (χ0n) is 11.4.